The molecule has 5 nitrogen and oxygen atoms in total. The lowest BCUT2D eigenvalue weighted by Crippen LogP contribution is -2.40. The molecule has 21 heavy (non-hydrogen) atoms. The predicted molar refractivity (Wildman–Crippen MR) is 80.0 cm³/mol. The van der Waals surface area contributed by atoms with Gasteiger partial charge in [0.15, 0.2) is 5.84 Å². The third-order valence-electron chi connectivity index (χ3n) is 4.43. The van der Waals surface area contributed by atoms with Gasteiger partial charge in [0.25, 0.3) is 0 Å². The fraction of sp³-hybridized carbons (Fsp3) is 0.250. The smallest absolute Gasteiger partial charge is 0.156 e. The van der Waals surface area contributed by atoms with Crippen LogP contribution in [0, 0.1) is 16.7 Å². The monoisotopic (exact) mass is 280 g/mol. The highest BCUT2D eigenvalue weighted by Gasteiger charge is 2.40. The number of para-hydroxylation sites is 1. The first-order chi connectivity index (χ1) is 9.99. The molecule has 0 spiro atoms. The average molecular weight is 280 g/mol. The van der Waals surface area contributed by atoms with Crippen LogP contribution in [0.15, 0.2) is 46.8 Å². The Hall–Kier alpha value is -2.58. The number of nitrogens with zero attached hydrogens (tertiary/aromatic N) is 3. The van der Waals surface area contributed by atoms with Crippen molar-refractivity contribution in [2.24, 2.45) is 0 Å². The van der Waals surface area contributed by atoms with Gasteiger partial charge in [-0.05, 0) is 25.5 Å². The summed E-state index contributed by atoms with van der Waals surface area (Å²) in [6, 6.07) is 9.65. The minimum Gasteiger partial charge on any atom is -0.351 e. The van der Waals surface area contributed by atoms with E-state index in [0.29, 0.717) is 16.8 Å². The zero-order valence-corrected chi connectivity index (χ0v) is 12.2. The number of hydroxylamine groups is 1. The molecule has 1 aromatic rings. The van der Waals surface area contributed by atoms with Crippen LogP contribution in [-0.4, -0.2) is 23.0 Å². The summed E-state index contributed by atoms with van der Waals surface area (Å²) in [7, 11) is 1.88. The van der Waals surface area contributed by atoms with Crippen LogP contribution in [0.25, 0.3) is 0 Å². The number of anilines is 1. The number of hydrogen-bond acceptors (Lipinski definition) is 4. The standard InChI is InChI=1S/C16H16N4O/c1-9-12(8-17)15-11-6-4-5-7-13(11)20(21)16(18)14(15)10(2)19(9)3/h4-7,15,18,21H,1-3H3. The largest absolute Gasteiger partial charge is 0.351 e. The van der Waals surface area contributed by atoms with Crippen LogP contribution in [0.1, 0.15) is 25.3 Å². The van der Waals surface area contributed by atoms with Crippen LogP contribution >= 0.6 is 0 Å². The van der Waals surface area contributed by atoms with Crippen molar-refractivity contribution in [2.75, 3.05) is 12.1 Å². The number of fused-ring (bicyclic) bond motifs is 3. The van der Waals surface area contributed by atoms with E-state index in [2.05, 4.69) is 6.07 Å². The Morgan fingerprint density at radius 3 is 2.57 bits per heavy atom. The lowest BCUT2D eigenvalue weighted by molar-refractivity contribution is 0.306. The fourth-order valence-corrected chi connectivity index (χ4v) is 3.10. The lowest BCUT2D eigenvalue weighted by atomic mass is 9.77. The van der Waals surface area contributed by atoms with Crippen LogP contribution in [0.4, 0.5) is 5.69 Å². The molecule has 1 aromatic carbocycles. The van der Waals surface area contributed by atoms with Crippen LogP contribution in [0.5, 0.6) is 0 Å². The molecule has 1 unspecified atom stereocenters. The summed E-state index contributed by atoms with van der Waals surface area (Å²) in [5.74, 6) is -0.249. The highest BCUT2D eigenvalue weighted by Crippen LogP contribution is 2.47. The molecule has 0 radical (unpaired) electrons. The molecule has 0 fully saturated rings. The first kappa shape index (κ1) is 13.4. The zero-order valence-electron chi connectivity index (χ0n) is 12.2. The number of nitriles is 1. The second-order valence-electron chi connectivity index (χ2n) is 5.32. The Balaban J connectivity index is 2.36. The Labute approximate surface area is 123 Å². The molecular formula is C16H16N4O. The molecule has 0 saturated carbocycles. The topological polar surface area (TPSA) is 74.4 Å². The summed E-state index contributed by atoms with van der Waals surface area (Å²) in [5.41, 5.74) is 4.50. The zero-order chi connectivity index (χ0) is 15.3. The van der Waals surface area contributed by atoms with Crippen molar-refractivity contribution in [3.05, 3.63) is 52.4 Å². The molecule has 0 bridgehead atoms. The number of amidine groups is 1. The van der Waals surface area contributed by atoms with E-state index in [1.165, 1.54) is 0 Å². The molecule has 5 heteroatoms. The molecule has 0 aliphatic carbocycles. The molecule has 106 valence electrons. The number of benzene rings is 1. The van der Waals surface area contributed by atoms with Crippen molar-refractivity contribution in [2.45, 2.75) is 19.8 Å². The van der Waals surface area contributed by atoms with Gasteiger partial charge in [0, 0.05) is 24.0 Å². The van der Waals surface area contributed by atoms with Gasteiger partial charge in [-0.2, -0.15) is 5.26 Å². The third-order valence-corrected chi connectivity index (χ3v) is 4.43. The van der Waals surface area contributed by atoms with E-state index in [1.54, 1.807) is 6.07 Å². The Bertz CT molecular complexity index is 754. The maximum atomic E-state index is 10.3. The second kappa shape index (κ2) is 4.47. The van der Waals surface area contributed by atoms with Crippen molar-refractivity contribution in [1.29, 1.82) is 10.7 Å². The summed E-state index contributed by atoms with van der Waals surface area (Å²) >= 11 is 0. The van der Waals surface area contributed by atoms with E-state index < -0.39 is 0 Å². The molecule has 2 aliphatic heterocycles. The SMILES string of the molecule is CC1=C(C#N)C2C(=C(C)N1C)C(=N)N(O)c1ccccc12. The number of rotatable bonds is 0. The third kappa shape index (κ3) is 1.63. The van der Waals surface area contributed by atoms with Crippen LogP contribution in [0.3, 0.4) is 0 Å². The molecule has 2 heterocycles. The lowest BCUT2D eigenvalue weighted by Gasteiger charge is -2.40. The van der Waals surface area contributed by atoms with E-state index in [4.69, 9.17) is 5.41 Å². The van der Waals surface area contributed by atoms with Gasteiger partial charge in [-0.3, -0.25) is 10.6 Å². The van der Waals surface area contributed by atoms with Gasteiger partial charge in [-0.1, -0.05) is 18.2 Å². The van der Waals surface area contributed by atoms with E-state index in [0.717, 1.165) is 22.0 Å². The fourth-order valence-electron chi connectivity index (χ4n) is 3.10. The van der Waals surface area contributed by atoms with E-state index in [1.807, 2.05) is 44.0 Å². The van der Waals surface area contributed by atoms with Gasteiger partial charge in [-0.15, -0.1) is 0 Å². The number of allylic oxidation sites excluding steroid dienone is 3. The van der Waals surface area contributed by atoms with Crippen molar-refractivity contribution in [1.82, 2.24) is 4.90 Å². The molecule has 3 rings (SSSR count). The predicted octanol–water partition coefficient (Wildman–Crippen LogP) is 2.97. The summed E-state index contributed by atoms with van der Waals surface area (Å²) in [6.07, 6.45) is 0. The van der Waals surface area contributed by atoms with Crippen LogP contribution < -0.4 is 5.06 Å². The number of nitrogens with one attached hydrogen (secondary N) is 1. The molecular weight excluding hydrogens is 264 g/mol. The van der Waals surface area contributed by atoms with Gasteiger partial charge in [0.1, 0.15) is 0 Å². The minimum atomic E-state index is -0.279. The summed E-state index contributed by atoms with van der Waals surface area (Å²) in [5, 5.41) is 29.0. The second-order valence-corrected chi connectivity index (χ2v) is 5.32. The molecule has 1 atom stereocenters. The Morgan fingerprint density at radius 1 is 1.24 bits per heavy atom. The van der Waals surface area contributed by atoms with Crippen molar-refractivity contribution in [3.8, 4) is 6.07 Å². The van der Waals surface area contributed by atoms with Crippen molar-refractivity contribution < 1.29 is 5.21 Å². The van der Waals surface area contributed by atoms with E-state index >= 15 is 0 Å². The summed E-state index contributed by atoms with van der Waals surface area (Å²) in [4.78, 5) is 1.90. The van der Waals surface area contributed by atoms with Crippen LogP contribution in [-0.2, 0) is 0 Å². The molecule has 0 saturated heterocycles. The van der Waals surface area contributed by atoms with Gasteiger partial charge >= 0.3 is 0 Å². The highest BCUT2D eigenvalue weighted by molar-refractivity contribution is 6.11. The Morgan fingerprint density at radius 2 is 1.90 bits per heavy atom. The summed E-state index contributed by atoms with van der Waals surface area (Å²) < 4.78 is 0. The van der Waals surface area contributed by atoms with E-state index in [-0.39, 0.29) is 11.8 Å². The van der Waals surface area contributed by atoms with Gasteiger partial charge in [0.2, 0.25) is 0 Å². The number of hydrogen-bond donors (Lipinski definition) is 2. The van der Waals surface area contributed by atoms with Gasteiger partial charge < -0.3 is 4.90 Å². The summed E-state index contributed by atoms with van der Waals surface area (Å²) in [6.45, 7) is 3.83. The Kier molecular flexibility index (Phi) is 2.85. The van der Waals surface area contributed by atoms with Gasteiger partial charge in [0.05, 0.1) is 23.2 Å². The molecule has 2 N–H and O–H groups in total. The van der Waals surface area contributed by atoms with E-state index in [9.17, 15) is 10.5 Å². The maximum Gasteiger partial charge on any atom is 0.156 e. The van der Waals surface area contributed by atoms with Crippen molar-refractivity contribution in [3.63, 3.8) is 0 Å². The first-order valence-corrected chi connectivity index (χ1v) is 6.71. The van der Waals surface area contributed by atoms with Crippen molar-refractivity contribution >= 4 is 11.5 Å². The maximum absolute atomic E-state index is 10.3. The molecule has 0 amide bonds. The first-order valence-electron chi connectivity index (χ1n) is 6.71. The van der Waals surface area contributed by atoms with Gasteiger partial charge in [-0.25, -0.2) is 5.06 Å². The van der Waals surface area contributed by atoms with Crippen LogP contribution in [0.2, 0.25) is 0 Å². The molecule has 2 aliphatic rings. The quantitative estimate of drug-likeness (QED) is 0.766. The average Bonchev–Trinajstić information content (AvgIpc) is 2.50. The molecule has 0 aromatic heterocycles. The normalized spacial score (nSPS) is 21.3. The highest BCUT2D eigenvalue weighted by atomic mass is 16.5. The minimum absolute atomic E-state index is 0.0308.